The smallest absolute Gasteiger partial charge is 0.405 e. The Labute approximate surface area is 187 Å². The largest absolute Gasteiger partial charge is 0.444 e. The summed E-state index contributed by atoms with van der Waals surface area (Å²) < 4.78 is 5.17. The average Bonchev–Trinajstić information content (AvgIpc) is 2.72. The van der Waals surface area contributed by atoms with Crippen molar-refractivity contribution in [1.82, 2.24) is 10.3 Å². The molecule has 0 aliphatic carbocycles. The molecule has 9 heteroatoms. The first-order valence-electron chi connectivity index (χ1n) is 10.3. The molecule has 2 aromatic rings. The first-order chi connectivity index (χ1) is 15.1. The van der Waals surface area contributed by atoms with Crippen molar-refractivity contribution >= 4 is 17.9 Å². The lowest BCUT2D eigenvalue weighted by Crippen LogP contribution is -2.52. The van der Waals surface area contributed by atoms with Gasteiger partial charge in [-0.2, -0.15) is 0 Å². The summed E-state index contributed by atoms with van der Waals surface area (Å²) >= 11 is 0. The van der Waals surface area contributed by atoms with Crippen molar-refractivity contribution in [2.24, 2.45) is 17.4 Å². The summed E-state index contributed by atoms with van der Waals surface area (Å²) in [6, 6.07) is 11.8. The number of aliphatic hydroxyl groups is 1. The molecule has 3 amide bonds. The van der Waals surface area contributed by atoms with Crippen molar-refractivity contribution in [3.8, 4) is 0 Å². The number of carbonyl (C=O) groups is 3. The van der Waals surface area contributed by atoms with Crippen molar-refractivity contribution < 1.29 is 24.2 Å². The third-order valence-electron chi connectivity index (χ3n) is 5.02. The molecule has 172 valence electrons. The SMILES string of the molecule is CC(C)(C[C@H](Cc1ccncc1)C(=O)NC(Cc1ccccc1)[C@H](O)C(N)=O)OC(N)=O. The van der Waals surface area contributed by atoms with Gasteiger partial charge in [0.2, 0.25) is 11.8 Å². The Balaban J connectivity index is 2.25. The first-order valence-corrected chi connectivity index (χ1v) is 10.3. The lowest BCUT2D eigenvalue weighted by molar-refractivity contribution is -0.132. The minimum absolute atomic E-state index is 0.162. The summed E-state index contributed by atoms with van der Waals surface area (Å²) in [5.41, 5.74) is 11.1. The lowest BCUT2D eigenvalue weighted by Gasteiger charge is -2.30. The number of pyridine rings is 1. The molecule has 2 rings (SSSR count). The van der Waals surface area contributed by atoms with E-state index >= 15 is 0 Å². The molecule has 1 aromatic heterocycles. The number of nitrogens with two attached hydrogens (primary N) is 2. The molecule has 6 N–H and O–H groups in total. The van der Waals surface area contributed by atoms with Crippen molar-refractivity contribution in [3.05, 3.63) is 66.0 Å². The van der Waals surface area contributed by atoms with Crippen LogP contribution >= 0.6 is 0 Å². The fourth-order valence-corrected chi connectivity index (χ4v) is 3.58. The molecule has 0 aliphatic rings. The maximum Gasteiger partial charge on any atom is 0.405 e. The van der Waals surface area contributed by atoms with E-state index in [2.05, 4.69) is 10.3 Å². The van der Waals surface area contributed by atoms with Gasteiger partial charge in [0.25, 0.3) is 0 Å². The number of hydrogen-bond acceptors (Lipinski definition) is 6. The minimum atomic E-state index is -1.57. The fourth-order valence-electron chi connectivity index (χ4n) is 3.58. The van der Waals surface area contributed by atoms with E-state index in [1.54, 1.807) is 38.4 Å². The number of primary amides is 2. The van der Waals surface area contributed by atoms with Gasteiger partial charge in [-0.25, -0.2) is 4.79 Å². The van der Waals surface area contributed by atoms with Crippen LogP contribution in [0.1, 0.15) is 31.4 Å². The van der Waals surface area contributed by atoms with Crippen LogP contribution in [0.3, 0.4) is 0 Å². The van der Waals surface area contributed by atoms with E-state index in [0.29, 0.717) is 6.42 Å². The Kier molecular flexibility index (Phi) is 8.71. The van der Waals surface area contributed by atoms with E-state index in [9.17, 15) is 19.5 Å². The second-order valence-electron chi connectivity index (χ2n) is 8.29. The Morgan fingerprint density at radius 3 is 2.19 bits per heavy atom. The predicted molar refractivity (Wildman–Crippen MR) is 118 cm³/mol. The van der Waals surface area contributed by atoms with Gasteiger partial charge in [-0.15, -0.1) is 0 Å². The van der Waals surface area contributed by atoms with Gasteiger partial charge in [0.15, 0.2) is 6.10 Å². The molecule has 0 bridgehead atoms. The summed E-state index contributed by atoms with van der Waals surface area (Å²) in [4.78, 5) is 40.2. The van der Waals surface area contributed by atoms with Gasteiger partial charge >= 0.3 is 6.09 Å². The van der Waals surface area contributed by atoms with Crippen LogP contribution < -0.4 is 16.8 Å². The Bertz CT molecular complexity index is 905. The van der Waals surface area contributed by atoms with E-state index in [-0.39, 0.29) is 12.8 Å². The van der Waals surface area contributed by atoms with Crippen LogP contribution in [0.5, 0.6) is 0 Å². The molecule has 0 fully saturated rings. The van der Waals surface area contributed by atoms with E-state index < -0.39 is 41.6 Å². The minimum Gasteiger partial charge on any atom is -0.444 e. The molecule has 0 saturated carbocycles. The quantitative estimate of drug-likeness (QED) is 0.408. The topological polar surface area (TPSA) is 158 Å². The number of nitrogens with zero attached hydrogens (tertiary/aromatic N) is 1. The fraction of sp³-hybridized carbons (Fsp3) is 0.391. The highest BCUT2D eigenvalue weighted by Gasteiger charge is 2.34. The first kappa shape index (κ1) is 24.8. The Morgan fingerprint density at radius 2 is 1.62 bits per heavy atom. The summed E-state index contributed by atoms with van der Waals surface area (Å²) in [6.07, 6.45) is 1.41. The van der Waals surface area contributed by atoms with E-state index in [1.165, 1.54) is 0 Å². The van der Waals surface area contributed by atoms with Gasteiger partial charge in [-0.05, 0) is 56.4 Å². The van der Waals surface area contributed by atoms with E-state index in [0.717, 1.165) is 11.1 Å². The standard InChI is InChI=1S/C23H30N4O5/c1-23(2,32-22(25)31)14-17(12-16-8-10-26-11-9-16)21(30)27-18(19(28)20(24)29)13-15-6-4-3-5-7-15/h3-11,17-19,28H,12-14H2,1-2H3,(H2,24,29)(H2,25,31)(H,27,30)/t17-,18?,19-/m0/s1. The monoisotopic (exact) mass is 442 g/mol. The summed E-state index contributed by atoms with van der Waals surface area (Å²) in [7, 11) is 0. The number of nitrogens with one attached hydrogen (secondary N) is 1. The molecule has 3 atom stereocenters. The van der Waals surface area contributed by atoms with E-state index in [1.807, 2.05) is 30.3 Å². The predicted octanol–water partition coefficient (Wildman–Crippen LogP) is 1.08. The Morgan fingerprint density at radius 1 is 1.03 bits per heavy atom. The second kappa shape index (κ2) is 11.2. The molecule has 0 radical (unpaired) electrons. The highest BCUT2D eigenvalue weighted by molar-refractivity contribution is 5.83. The number of benzene rings is 1. The molecule has 32 heavy (non-hydrogen) atoms. The zero-order valence-electron chi connectivity index (χ0n) is 18.2. The number of aliphatic hydroxyl groups excluding tert-OH is 1. The molecule has 1 heterocycles. The van der Waals surface area contributed by atoms with Gasteiger partial charge < -0.3 is 26.6 Å². The Hall–Kier alpha value is -3.46. The second-order valence-corrected chi connectivity index (χ2v) is 8.29. The highest BCUT2D eigenvalue weighted by Crippen LogP contribution is 2.24. The van der Waals surface area contributed by atoms with Crippen molar-refractivity contribution in [1.29, 1.82) is 0 Å². The van der Waals surface area contributed by atoms with Crippen molar-refractivity contribution in [2.75, 3.05) is 0 Å². The number of carbonyl (C=O) groups excluding carboxylic acids is 3. The van der Waals surface area contributed by atoms with Crippen LogP contribution in [0.4, 0.5) is 4.79 Å². The van der Waals surface area contributed by atoms with Crippen LogP contribution in [0, 0.1) is 5.92 Å². The summed E-state index contributed by atoms with van der Waals surface area (Å²) in [5.74, 6) is -2.00. The number of rotatable bonds is 11. The molecular weight excluding hydrogens is 412 g/mol. The normalized spacial score (nSPS) is 14.1. The zero-order chi connectivity index (χ0) is 23.7. The highest BCUT2D eigenvalue weighted by atomic mass is 16.6. The molecule has 1 unspecified atom stereocenters. The van der Waals surface area contributed by atoms with Crippen LogP contribution in [0.25, 0.3) is 0 Å². The van der Waals surface area contributed by atoms with Crippen LogP contribution in [0.2, 0.25) is 0 Å². The van der Waals surface area contributed by atoms with Crippen molar-refractivity contribution in [2.45, 2.75) is 50.9 Å². The summed E-state index contributed by atoms with van der Waals surface area (Å²) in [5, 5.41) is 13.1. The lowest BCUT2D eigenvalue weighted by atomic mass is 9.87. The van der Waals surface area contributed by atoms with E-state index in [4.69, 9.17) is 16.2 Å². The van der Waals surface area contributed by atoms with Gasteiger partial charge in [0, 0.05) is 18.3 Å². The molecule has 0 saturated heterocycles. The number of hydrogen-bond donors (Lipinski definition) is 4. The molecule has 1 aromatic carbocycles. The van der Waals surface area contributed by atoms with Crippen LogP contribution in [-0.4, -0.2) is 45.7 Å². The maximum atomic E-state index is 13.3. The zero-order valence-corrected chi connectivity index (χ0v) is 18.2. The number of amides is 3. The third kappa shape index (κ3) is 7.99. The van der Waals surface area contributed by atoms with Crippen LogP contribution in [0.15, 0.2) is 54.9 Å². The average molecular weight is 443 g/mol. The maximum absolute atomic E-state index is 13.3. The molecular formula is C23H30N4O5. The van der Waals surface area contributed by atoms with Crippen LogP contribution in [-0.2, 0) is 27.2 Å². The van der Waals surface area contributed by atoms with Gasteiger partial charge in [0.05, 0.1) is 6.04 Å². The van der Waals surface area contributed by atoms with Gasteiger partial charge in [-0.3, -0.25) is 14.6 Å². The number of aromatic nitrogens is 1. The van der Waals surface area contributed by atoms with Gasteiger partial charge in [-0.1, -0.05) is 30.3 Å². The van der Waals surface area contributed by atoms with Crippen molar-refractivity contribution in [3.63, 3.8) is 0 Å². The summed E-state index contributed by atoms with van der Waals surface area (Å²) in [6.45, 7) is 3.31. The third-order valence-corrected chi connectivity index (χ3v) is 5.02. The van der Waals surface area contributed by atoms with Gasteiger partial charge in [0.1, 0.15) is 5.60 Å². The number of ether oxygens (including phenoxy) is 1. The molecule has 9 nitrogen and oxygen atoms in total. The molecule has 0 spiro atoms. The molecule has 0 aliphatic heterocycles.